The molecule has 0 aliphatic carbocycles. The lowest BCUT2D eigenvalue weighted by Gasteiger charge is -2.17. The Labute approximate surface area is 145 Å². The maximum atomic E-state index is 3.56. The highest BCUT2D eigenvalue weighted by atomic mass is 14.9. The molecule has 1 unspecified atom stereocenters. The molecule has 1 nitrogen and oxygen atoms in total. The molecule has 0 saturated carbocycles. The SMILES string of the molecule is CC(C)(C)CCCCc1ccc(C2CCCN2)cc1.CC(C)C. The van der Waals surface area contributed by atoms with Crippen molar-refractivity contribution in [2.24, 2.45) is 11.3 Å². The van der Waals surface area contributed by atoms with Crippen molar-refractivity contribution in [2.45, 2.75) is 86.1 Å². The third-order valence-electron chi connectivity index (χ3n) is 4.08. The van der Waals surface area contributed by atoms with Crippen molar-refractivity contribution in [3.8, 4) is 0 Å². The lowest BCUT2D eigenvalue weighted by atomic mass is 9.89. The topological polar surface area (TPSA) is 12.0 Å². The fourth-order valence-electron chi connectivity index (χ4n) is 2.87. The number of benzene rings is 1. The Morgan fingerprint density at radius 1 is 1.04 bits per heavy atom. The maximum Gasteiger partial charge on any atom is 0.0320 e. The van der Waals surface area contributed by atoms with Gasteiger partial charge in [-0.25, -0.2) is 0 Å². The number of hydrogen-bond donors (Lipinski definition) is 1. The van der Waals surface area contributed by atoms with E-state index >= 15 is 0 Å². The van der Waals surface area contributed by atoms with E-state index in [2.05, 4.69) is 71.1 Å². The van der Waals surface area contributed by atoms with Crippen LogP contribution in [0.4, 0.5) is 0 Å². The first-order valence-electron chi connectivity index (χ1n) is 9.60. The zero-order valence-electron chi connectivity index (χ0n) is 16.4. The van der Waals surface area contributed by atoms with Crippen molar-refractivity contribution >= 4 is 0 Å². The van der Waals surface area contributed by atoms with E-state index in [9.17, 15) is 0 Å². The van der Waals surface area contributed by atoms with Gasteiger partial charge in [-0.3, -0.25) is 0 Å². The lowest BCUT2D eigenvalue weighted by Crippen LogP contribution is -2.12. The van der Waals surface area contributed by atoms with Crippen molar-refractivity contribution < 1.29 is 0 Å². The predicted octanol–water partition coefficient (Wildman–Crippen LogP) is 6.53. The van der Waals surface area contributed by atoms with Gasteiger partial charge in [-0.15, -0.1) is 0 Å². The minimum Gasteiger partial charge on any atom is -0.310 e. The number of unbranched alkanes of at least 4 members (excludes halogenated alkanes) is 1. The molecule has 2 rings (SSSR count). The molecule has 132 valence electrons. The summed E-state index contributed by atoms with van der Waals surface area (Å²) < 4.78 is 0. The highest BCUT2D eigenvalue weighted by Crippen LogP contribution is 2.24. The van der Waals surface area contributed by atoms with E-state index in [1.54, 1.807) is 0 Å². The zero-order chi connectivity index (χ0) is 17.3. The molecule has 1 saturated heterocycles. The largest absolute Gasteiger partial charge is 0.310 e. The summed E-state index contributed by atoms with van der Waals surface area (Å²) in [6, 6.07) is 9.90. The molecule has 1 atom stereocenters. The predicted molar refractivity (Wildman–Crippen MR) is 104 cm³/mol. The highest BCUT2D eigenvalue weighted by molar-refractivity contribution is 5.25. The third kappa shape index (κ3) is 9.81. The van der Waals surface area contributed by atoms with Gasteiger partial charge in [-0.05, 0) is 61.1 Å². The van der Waals surface area contributed by atoms with Crippen molar-refractivity contribution in [2.75, 3.05) is 6.54 Å². The zero-order valence-corrected chi connectivity index (χ0v) is 16.4. The van der Waals surface area contributed by atoms with Gasteiger partial charge in [0.05, 0.1) is 0 Å². The molecule has 1 heterocycles. The minimum absolute atomic E-state index is 0.484. The lowest BCUT2D eigenvalue weighted by molar-refractivity contribution is 0.360. The molecule has 1 fully saturated rings. The molecule has 1 aromatic carbocycles. The second-order valence-corrected chi connectivity index (χ2v) is 8.89. The van der Waals surface area contributed by atoms with Crippen LogP contribution >= 0.6 is 0 Å². The first-order chi connectivity index (χ1) is 10.8. The van der Waals surface area contributed by atoms with Crippen molar-refractivity contribution in [3.05, 3.63) is 35.4 Å². The Morgan fingerprint density at radius 2 is 1.65 bits per heavy atom. The molecule has 0 spiro atoms. The Hall–Kier alpha value is -0.820. The van der Waals surface area contributed by atoms with Crippen molar-refractivity contribution in [1.29, 1.82) is 0 Å². The molecule has 0 aromatic heterocycles. The Morgan fingerprint density at radius 3 is 2.13 bits per heavy atom. The van der Waals surface area contributed by atoms with Crippen LogP contribution in [-0.2, 0) is 6.42 Å². The first-order valence-corrected chi connectivity index (χ1v) is 9.60. The van der Waals surface area contributed by atoms with E-state index in [1.807, 2.05) is 0 Å². The van der Waals surface area contributed by atoms with Crippen LogP contribution in [0.3, 0.4) is 0 Å². The maximum absolute atomic E-state index is 3.56. The van der Waals surface area contributed by atoms with Gasteiger partial charge >= 0.3 is 0 Å². The standard InChI is InChI=1S/C18H29N.C4H10/c1-18(2,3)13-5-4-7-15-9-11-16(12-10-15)17-8-6-14-19-17;1-4(2)3/h9-12,17,19H,4-8,13-14H2,1-3H3;4H,1-3H3. The molecule has 1 aromatic rings. The quantitative estimate of drug-likeness (QED) is 0.608. The summed E-state index contributed by atoms with van der Waals surface area (Å²) in [5.74, 6) is 0.833. The molecule has 1 N–H and O–H groups in total. The number of hydrogen-bond acceptors (Lipinski definition) is 1. The normalized spacial score (nSPS) is 18.0. The van der Waals surface area contributed by atoms with Crippen LogP contribution in [0.1, 0.15) is 90.8 Å². The minimum atomic E-state index is 0.484. The second-order valence-electron chi connectivity index (χ2n) is 8.89. The van der Waals surface area contributed by atoms with Crippen molar-refractivity contribution in [1.82, 2.24) is 5.32 Å². The fourth-order valence-corrected chi connectivity index (χ4v) is 2.87. The molecule has 0 amide bonds. The van der Waals surface area contributed by atoms with Crippen LogP contribution < -0.4 is 5.32 Å². The highest BCUT2D eigenvalue weighted by Gasteiger charge is 2.15. The first kappa shape index (κ1) is 20.2. The summed E-state index contributed by atoms with van der Waals surface area (Å²) in [5.41, 5.74) is 3.45. The molecule has 1 heteroatoms. The van der Waals surface area contributed by atoms with Crippen LogP contribution in [0.5, 0.6) is 0 Å². The molecular formula is C22H39N. The van der Waals surface area contributed by atoms with Gasteiger partial charge in [-0.1, -0.05) is 72.2 Å². The van der Waals surface area contributed by atoms with Crippen LogP contribution in [0.2, 0.25) is 0 Å². The summed E-state index contributed by atoms with van der Waals surface area (Å²) in [7, 11) is 0. The van der Waals surface area contributed by atoms with Gasteiger partial charge in [-0.2, -0.15) is 0 Å². The fraction of sp³-hybridized carbons (Fsp3) is 0.727. The molecule has 0 radical (unpaired) electrons. The van der Waals surface area contributed by atoms with Crippen LogP contribution in [-0.4, -0.2) is 6.54 Å². The third-order valence-corrected chi connectivity index (χ3v) is 4.08. The average molecular weight is 318 g/mol. The van der Waals surface area contributed by atoms with Crippen LogP contribution in [0.25, 0.3) is 0 Å². The Bertz CT molecular complexity index is 402. The molecule has 23 heavy (non-hydrogen) atoms. The second kappa shape index (κ2) is 10.1. The van der Waals surface area contributed by atoms with Gasteiger partial charge in [0.15, 0.2) is 0 Å². The van der Waals surface area contributed by atoms with E-state index < -0.39 is 0 Å². The van der Waals surface area contributed by atoms with Gasteiger partial charge in [0.1, 0.15) is 0 Å². The van der Waals surface area contributed by atoms with Gasteiger partial charge in [0.25, 0.3) is 0 Å². The summed E-state index contributed by atoms with van der Waals surface area (Å²) in [4.78, 5) is 0. The van der Waals surface area contributed by atoms with Crippen LogP contribution in [0.15, 0.2) is 24.3 Å². The monoisotopic (exact) mass is 317 g/mol. The van der Waals surface area contributed by atoms with Crippen LogP contribution in [0, 0.1) is 11.3 Å². The summed E-state index contributed by atoms with van der Waals surface area (Å²) in [6.45, 7) is 14.7. The van der Waals surface area contributed by atoms with Gasteiger partial charge < -0.3 is 5.32 Å². The van der Waals surface area contributed by atoms with E-state index in [0.717, 1.165) is 5.92 Å². The average Bonchev–Trinajstić information content (AvgIpc) is 2.97. The van der Waals surface area contributed by atoms with Gasteiger partial charge in [0, 0.05) is 6.04 Å². The molecular weight excluding hydrogens is 278 g/mol. The summed E-state index contributed by atoms with van der Waals surface area (Å²) in [5, 5.41) is 3.56. The molecule has 1 aliphatic rings. The number of nitrogens with one attached hydrogen (secondary N) is 1. The van der Waals surface area contributed by atoms with E-state index in [-0.39, 0.29) is 0 Å². The number of aryl methyl sites for hydroxylation is 1. The molecule has 0 bridgehead atoms. The smallest absolute Gasteiger partial charge is 0.0320 e. The van der Waals surface area contributed by atoms with E-state index in [4.69, 9.17) is 0 Å². The summed E-state index contributed by atoms with van der Waals surface area (Å²) in [6.07, 6.45) is 7.84. The molecule has 1 aliphatic heterocycles. The number of rotatable bonds is 5. The van der Waals surface area contributed by atoms with E-state index in [0.29, 0.717) is 11.5 Å². The van der Waals surface area contributed by atoms with E-state index in [1.165, 1.54) is 56.2 Å². The van der Waals surface area contributed by atoms with Gasteiger partial charge in [0.2, 0.25) is 0 Å². The van der Waals surface area contributed by atoms with Crippen molar-refractivity contribution in [3.63, 3.8) is 0 Å². The Kier molecular flexibility index (Phi) is 8.91. The summed E-state index contributed by atoms with van der Waals surface area (Å²) >= 11 is 0. The Balaban J connectivity index is 0.000000593.